The van der Waals surface area contributed by atoms with Crippen molar-refractivity contribution >= 4 is 11.8 Å². The third-order valence-electron chi connectivity index (χ3n) is 2.74. The molecule has 0 aliphatic rings. The molecule has 0 rings (SSSR count). The second kappa shape index (κ2) is 10.3. The van der Waals surface area contributed by atoms with Crippen molar-refractivity contribution in [2.45, 2.75) is 46.0 Å². The minimum Gasteiger partial charge on any atom is -0.465 e. The molecule has 1 atom stereocenters. The number of hydrogen-bond acceptors (Lipinski definition) is 4. The second-order valence-electron chi connectivity index (χ2n) is 4.20. The number of Topliss-reactive ketones (excluding diaryl/α,β-unsaturated/α-hetero) is 1. The van der Waals surface area contributed by atoms with Crippen LogP contribution in [0.2, 0.25) is 0 Å². The number of ketones is 1. The molecule has 0 N–H and O–H groups in total. The van der Waals surface area contributed by atoms with E-state index < -0.39 is 0 Å². The summed E-state index contributed by atoms with van der Waals surface area (Å²) in [5, 5.41) is 0. The second-order valence-corrected chi connectivity index (χ2v) is 4.20. The van der Waals surface area contributed by atoms with E-state index in [-0.39, 0.29) is 24.3 Å². The number of esters is 1. The van der Waals surface area contributed by atoms with Gasteiger partial charge in [0.25, 0.3) is 0 Å². The van der Waals surface area contributed by atoms with Crippen molar-refractivity contribution < 1.29 is 19.1 Å². The van der Waals surface area contributed by atoms with E-state index in [1.165, 1.54) is 6.92 Å². The van der Waals surface area contributed by atoms with Crippen molar-refractivity contribution in [3.8, 4) is 0 Å². The fourth-order valence-corrected chi connectivity index (χ4v) is 1.48. The molecular formula is C13H24O4. The zero-order valence-electron chi connectivity index (χ0n) is 11.2. The first kappa shape index (κ1) is 16.1. The summed E-state index contributed by atoms with van der Waals surface area (Å²) in [6.45, 7) is 4.41. The highest BCUT2D eigenvalue weighted by molar-refractivity contribution is 5.78. The molecule has 0 bridgehead atoms. The van der Waals surface area contributed by atoms with Gasteiger partial charge in [0.2, 0.25) is 0 Å². The predicted octanol–water partition coefficient (Wildman–Crippen LogP) is 2.35. The van der Waals surface area contributed by atoms with E-state index in [0.29, 0.717) is 6.42 Å². The molecule has 0 amide bonds. The summed E-state index contributed by atoms with van der Waals surface area (Å²) in [5.74, 6) is -0.269. The molecular weight excluding hydrogens is 220 g/mol. The average molecular weight is 244 g/mol. The van der Waals surface area contributed by atoms with E-state index in [2.05, 4.69) is 0 Å². The minimum absolute atomic E-state index is 0.0837. The normalized spacial score (nSPS) is 12.2. The Hall–Kier alpha value is -0.900. The first-order valence-electron chi connectivity index (χ1n) is 6.26. The third kappa shape index (κ3) is 8.86. The zero-order valence-corrected chi connectivity index (χ0v) is 11.2. The van der Waals surface area contributed by atoms with Crippen LogP contribution in [0.25, 0.3) is 0 Å². The van der Waals surface area contributed by atoms with Gasteiger partial charge in [-0.3, -0.25) is 9.59 Å². The smallest absolute Gasteiger partial charge is 0.305 e. The maximum atomic E-state index is 11.4. The predicted molar refractivity (Wildman–Crippen MR) is 65.8 cm³/mol. The van der Waals surface area contributed by atoms with Gasteiger partial charge in [-0.1, -0.05) is 13.3 Å². The molecule has 0 heterocycles. The summed E-state index contributed by atoms with van der Waals surface area (Å²) in [7, 11) is 1.67. The van der Waals surface area contributed by atoms with E-state index in [1.54, 1.807) is 7.11 Å². The Kier molecular flexibility index (Phi) is 9.72. The van der Waals surface area contributed by atoms with Gasteiger partial charge in [-0.25, -0.2) is 0 Å². The quantitative estimate of drug-likeness (QED) is 0.437. The molecule has 17 heavy (non-hydrogen) atoms. The molecule has 0 aromatic heterocycles. The number of rotatable bonds is 10. The fraction of sp³-hybridized carbons (Fsp3) is 0.846. The summed E-state index contributed by atoms with van der Waals surface area (Å²) >= 11 is 0. The molecule has 1 unspecified atom stereocenters. The van der Waals surface area contributed by atoms with Crippen LogP contribution in [0.3, 0.4) is 0 Å². The van der Waals surface area contributed by atoms with Crippen LogP contribution >= 0.6 is 0 Å². The Morgan fingerprint density at radius 3 is 2.41 bits per heavy atom. The SMILES string of the molecule is CCC(COC(=O)CCCCCOC)C(C)=O. The first-order chi connectivity index (χ1) is 8.11. The molecule has 0 spiro atoms. The van der Waals surface area contributed by atoms with Crippen molar-refractivity contribution in [1.29, 1.82) is 0 Å². The van der Waals surface area contributed by atoms with E-state index >= 15 is 0 Å². The highest BCUT2D eigenvalue weighted by atomic mass is 16.5. The van der Waals surface area contributed by atoms with Gasteiger partial charge in [0.1, 0.15) is 12.4 Å². The highest BCUT2D eigenvalue weighted by Crippen LogP contribution is 2.07. The van der Waals surface area contributed by atoms with Gasteiger partial charge < -0.3 is 9.47 Å². The topological polar surface area (TPSA) is 52.6 Å². The molecule has 0 aromatic rings. The number of unbranched alkanes of at least 4 members (excludes halogenated alkanes) is 2. The summed E-state index contributed by atoms with van der Waals surface area (Å²) < 4.78 is 9.99. The Bertz CT molecular complexity index is 225. The lowest BCUT2D eigenvalue weighted by atomic mass is 10.0. The van der Waals surface area contributed by atoms with Crippen LogP contribution in [0.4, 0.5) is 0 Å². The number of carbonyl (C=O) groups excluding carboxylic acids is 2. The molecule has 0 aliphatic heterocycles. The van der Waals surface area contributed by atoms with E-state index in [4.69, 9.17) is 9.47 Å². The van der Waals surface area contributed by atoms with Crippen LogP contribution in [0.1, 0.15) is 46.0 Å². The molecule has 0 fully saturated rings. The van der Waals surface area contributed by atoms with Crippen LogP contribution < -0.4 is 0 Å². The molecule has 4 nitrogen and oxygen atoms in total. The molecule has 0 saturated heterocycles. The Balaban J connectivity index is 3.55. The monoisotopic (exact) mass is 244 g/mol. The van der Waals surface area contributed by atoms with Gasteiger partial charge >= 0.3 is 5.97 Å². The maximum absolute atomic E-state index is 11.4. The maximum Gasteiger partial charge on any atom is 0.305 e. The lowest BCUT2D eigenvalue weighted by Crippen LogP contribution is -2.19. The summed E-state index contributed by atoms with van der Waals surface area (Å²) in [6, 6.07) is 0. The van der Waals surface area contributed by atoms with Gasteiger partial charge in [0.05, 0.1) is 5.92 Å². The van der Waals surface area contributed by atoms with Crippen LogP contribution in [0.15, 0.2) is 0 Å². The lowest BCUT2D eigenvalue weighted by Gasteiger charge is -2.11. The summed E-state index contributed by atoms with van der Waals surface area (Å²) in [5.41, 5.74) is 0. The van der Waals surface area contributed by atoms with Crippen LogP contribution in [0, 0.1) is 5.92 Å². The van der Waals surface area contributed by atoms with Crippen molar-refractivity contribution in [2.24, 2.45) is 5.92 Å². The molecule has 4 heteroatoms. The number of methoxy groups -OCH3 is 1. The third-order valence-corrected chi connectivity index (χ3v) is 2.74. The zero-order chi connectivity index (χ0) is 13.1. The van der Waals surface area contributed by atoms with Crippen LogP contribution in [0.5, 0.6) is 0 Å². The number of ether oxygens (including phenoxy) is 2. The lowest BCUT2D eigenvalue weighted by molar-refractivity contribution is -0.146. The Labute approximate surface area is 104 Å². The van der Waals surface area contributed by atoms with Crippen molar-refractivity contribution in [3.63, 3.8) is 0 Å². The minimum atomic E-state index is -0.206. The molecule has 100 valence electrons. The molecule has 0 aliphatic carbocycles. The number of hydrogen-bond donors (Lipinski definition) is 0. The summed E-state index contributed by atoms with van der Waals surface area (Å²) in [6.07, 6.45) is 3.90. The Morgan fingerprint density at radius 1 is 1.18 bits per heavy atom. The van der Waals surface area contributed by atoms with E-state index in [9.17, 15) is 9.59 Å². The van der Waals surface area contributed by atoms with Crippen molar-refractivity contribution in [1.82, 2.24) is 0 Å². The first-order valence-corrected chi connectivity index (χ1v) is 6.26. The van der Waals surface area contributed by atoms with Crippen molar-refractivity contribution in [3.05, 3.63) is 0 Å². The van der Waals surface area contributed by atoms with Gasteiger partial charge in [-0.2, -0.15) is 0 Å². The molecule has 0 aromatic carbocycles. The van der Waals surface area contributed by atoms with E-state index in [1.807, 2.05) is 6.92 Å². The van der Waals surface area contributed by atoms with Gasteiger partial charge in [-0.05, 0) is 26.2 Å². The molecule has 0 radical (unpaired) electrons. The van der Waals surface area contributed by atoms with Crippen LogP contribution in [-0.2, 0) is 19.1 Å². The summed E-state index contributed by atoms with van der Waals surface area (Å²) in [4.78, 5) is 22.5. The largest absolute Gasteiger partial charge is 0.465 e. The van der Waals surface area contributed by atoms with Crippen LogP contribution in [-0.4, -0.2) is 32.1 Å². The van der Waals surface area contributed by atoms with Gasteiger partial charge in [0, 0.05) is 20.1 Å². The van der Waals surface area contributed by atoms with E-state index in [0.717, 1.165) is 32.3 Å². The highest BCUT2D eigenvalue weighted by Gasteiger charge is 2.14. The average Bonchev–Trinajstić information content (AvgIpc) is 2.29. The number of carbonyl (C=O) groups is 2. The molecule has 0 saturated carbocycles. The Morgan fingerprint density at radius 2 is 1.88 bits per heavy atom. The van der Waals surface area contributed by atoms with Crippen molar-refractivity contribution in [2.75, 3.05) is 20.3 Å². The van der Waals surface area contributed by atoms with Gasteiger partial charge in [-0.15, -0.1) is 0 Å². The van der Waals surface area contributed by atoms with Gasteiger partial charge in [0.15, 0.2) is 0 Å². The standard InChI is InChI=1S/C13H24O4/c1-4-12(11(2)14)10-17-13(15)8-6-5-7-9-16-3/h12H,4-10H2,1-3H3. The fourth-order valence-electron chi connectivity index (χ4n) is 1.48.